The smallest absolute Gasteiger partial charge is 0.303 e. The monoisotopic (exact) mass is 202 g/mol. The molecule has 5 heteroatoms. The molecule has 0 bridgehead atoms. The average molecular weight is 202 g/mol. The minimum Gasteiger partial charge on any atom is -0.458 e. The topological polar surface area (TPSA) is 61.8 Å². The van der Waals surface area contributed by atoms with Crippen molar-refractivity contribution in [2.75, 3.05) is 13.2 Å². The van der Waals surface area contributed by atoms with Crippen molar-refractivity contribution in [1.29, 1.82) is 0 Å². The van der Waals surface area contributed by atoms with Crippen LogP contribution in [0.25, 0.3) is 0 Å². The Morgan fingerprint density at radius 1 is 1.14 bits per heavy atom. The molecule has 5 nitrogen and oxygen atoms in total. The minimum atomic E-state index is -0.467. The lowest BCUT2D eigenvalue weighted by Gasteiger charge is -2.29. The van der Waals surface area contributed by atoms with Crippen LogP contribution in [0.4, 0.5) is 0 Å². The third-order valence-corrected chi connectivity index (χ3v) is 1.88. The van der Waals surface area contributed by atoms with Gasteiger partial charge in [-0.3, -0.25) is 9.59 Å². The summed E-state index contributed by atoms with van der Waals surface area (Å²) in [6, 6.07) is 0. The van der Waals surface area contributed by atoms with Crippen molar-refractivity contribution in [3.63, 3.8) is 0 Å². The first-order valence-corrected chi connectivity index (χ1v) is 4.52. The Morgan fingerprint density at radius 2 is 1.71 bits per heavy atom. The van der Waals surface area contributed by atoms with Crippen molar-refractivity contribution in [1.82, 2.24) is 0 Å². The van der Waals surface area contributed by atoms with Crippen LogP contribution < -0.4 is 0 Å². The number of carbonyl (C=O) groups is 2. The molecular weight excluding hydrogens is 188 g/mol. The van der Waals surface area contributed by atoms with Crippen LogP contribution in [0.15, 0.2) is 0 Å². The third kappa shape index (κ3) is 3.33. The lowest BCUT2D eigenvalue weighted by atomic mass is 10.1. The number of esters is 2. The maximum atomic E-state index is 10.7. The van der Waals surface area contributed by atoms with E-state index in [1.807, 2.05) is 0 Å². The van der Waals surface area contributed by atoms with E-state index in [0.29, 0.717) is 13.0 Å². The molecule has 0 aromatic rings. The van der Waals surface area contributed by atoms with Crippen molar-refractivity contribution in [2.24, 2.45) is 0 Å². The zero-order valence-electron chi connectivity index (χ0n) is 8.32. The zero-order valence-corrected chi connectivity index (χ0v) is 8.32. The van der Waals surface area contributed by atoms with Crippen LogP contribution in [0.1, 0.15) is 20.3 Å². The van der Waals surface area contributed by atoms with Crippen LogP contribution in [0.2, 0.25) is 0 Å². The largest absolute Gasteiger partial charge is 0.458 e. The fourth-order valence-electron chi connectivity index (χ4n) is 1.36. The highest BCUT2D eigenvalue weighted by Gasteiger charge is 2.30. The summed E-state index contributed by atoms with van der Waals surface area (Å²) in [6.45, 7) is 3.47. The summed E-state index contributed by atoms with van der Waals surface area (Å²) in [5, 5.41) is 0. The molecule has 0 amide bonds. The van der Waals surface area contributed by atoms with E-state index in [1.54, 1.807) is 0 Å². The van der Waals surface area contributed by atoms with E-state index in [9.17, 15) is 9.59 Å². The van der Waals surface area contributed by atoms with E-state index in [0.717, 1.165) is 0 Å². The summed E-state index contributed by atoms with van der Waals surface area (Å²) >= 11 is 0. The van der Waals surface area contributed by atoms with Crippen molar-refractivity contribution in [2.45, 2.75) is 32.5 Å². The Kier molecular flexibility index (Phi) is 3.88. The highest BCUT2D eigenvalue weighted by Crippen LogP contribution is 2.15. The number of carbonyl (C=O) groups excluding carboxylic acids is 2. The van der Waals surface area contributed by atoms with Gasteiger partial charge in [0.1, 0.15) is 6.10 Å². The van der Waals surface area contributed by atoms with Crippen LogP contribution in [0.3, 0.4) is 0 Å². The van der Waals surface area contributed by atoms with Crippen LogP contribution >= 0.6 is 0 Å². The lowest BCUT2D eigenvalue weighted by Crippen LogP contribution is -2.42. The molecule has 1 aliphatic rings. The predicted octanol–water partition coefficient (Wildman–Crippen LogP) is 0.270. The van der Waals surface area contributed by atoms with Crippen LogP contribution in [-0.2, 0) is 23.8 Å². The average Bonchev–Trinajstić information content (AvgIpc) is 2.06. The van der Waals surface area contributed by atoms with Gasteiger partial charge in [0.2, 0.25) is 0 Å². The molecule has 1 heterocycles. The first kappa shape index (κ1) is 11.0. The Bertz CT molecular complexity index is 201. The van der Waals surface area contributed by atoms with Gasteiger partial charge in [-0.05, 0) is 0 Å². The Morgan fingerprint density at radius 3 is 2.29 bits per heavy atom. The Hall–Kier alpha value is -1.10. The minimum absolute atomic E-state index is 0.289. The molecule has 0 aromatic heterocycles. The van der Waals surface area contributed by atoms with Gasteiger partial charge in [0.05, 0.1) is 13.2 Å². The molecule has 14 heavy (non-hydrogen) atoms. The molecule has 0 aromatic carbocycles. The maximum absolute atomic E-state index is 10.7. The van der Waals surface area contributed by atoms with Crippen molar-refractivity contribution in [3.8, 4) is 0 Å². The summed E-state index contributed by atoms with van der Waals surface area (Å²) in [7, 11) is 0. The van der Waals surface area contributed by atoms with Gasteiger partial charge in [-0.15, -0.1) is 0 Å². The summed E-state index contributed by atoms with van der Waals surface area (Å²) in [4.78, 5) is 21.5. The van der Waals surface area contributed by atoms with Crippen LogP contribution in [0.5, 0.6) is 0 Å². The summed E-state index contributed by atoms with van der Waals surface area (Å²) in [5.74, 6) is -0.758. The second-order valence-corrected chi connectivity index (χ2v) is 3.16. The van der Waals surface area contributed by atoms with Gasteiger partial charge in [-0.25, -0.2) is 0 Å². The fourth-order valence-corrected chi connectivity index (χ4v) is 1.36. The predicted molar refractivity (Wildman–Crippen MR) is 46.5 cm³/mol. The molecule has 2 atom stereocenters. The Labute approximate surface area is 82.3 Å². The van der Waals surface area contributed by atoms with E-state index in [-0.39, 0.29) is 18.7 Å². The number of hydrogen-bond acceptors (Lipinski definition) is 5. The van der Waals surface area contributed by atoms with E-state index in [1.165, 1.54) is 13.8 Å². The second-order valence-electron chi connectivity index (χ2n) is 3.16. The molecule has 0 aliphatic carbocycles. The number of ether oxygens (including phenoxy) is 3. The lowest BCUT2D eigenvalue weighted by molar-refractivity contribution is -0.179. The van der Waals surface area contributed by atoms with Gasteiger partial charge in [-0.1, -0.05) is 0 Å². The van der Waals surface area contributed by atoms with E-state index < -0.39 is 12.1 Å². The SMILES string of the molecule is CC(=O)OC1CCOC[C@H]1OC(C)=O. The zero-order chi connectivity index (χ0) is 10.6. The molecule has 0 saturated carbocycles. The maximum Gasteiger partial charge on any atom is 0.303 e. The summed E-state index contributed by atoms with van der Waals surface area (Å²) < 4.78 is 15.1. The highest BCUT2D eigenvalue weighted by molar-refractivity contribution is 5.67. The molecular formula is C9H14O5. The van der Waals surface area contributed by atoms with E-state index >= 15 is 0 Å². The second kappa shape index (κ2) is 4.95. The molecule has 1 aliphatic heterocycles. The van der Waals surface area contributed by atoms with Gasteiger partial charge < -0.3 is 14.2 Å². The molecule has 0 radical (unpaired) electrons. The molecule has 0 N–H and O–H groups in total. The fraction of sp³-hybridized carbons (Fsp3) is 0.778. The van der Waals surface area contributed by atoms with E-state index in [4.69, 9.17) is 14.2 Å². The van der Waals surface area contributed by atoms with Crippen LogP contribution in [-0.4, -0.2) is 37.4 Å². The van der Waals surface area contributed by atoms with Gasteiger partial charge in [0, 0.05) is 20.3 Å². The van der Waals surface area contributed by atoms with Gasteiger partial charge in [0.25, 0.3) is 0 Å². The highest BCUT2D eigenvalue weighted by atomic mass is 16.6. The standard InChI is InChI=1S/C9H14O5/c1-6(10)13-8-3-4-12-5-9(8)14-7(2)11/h8-9H,3-5H2,1-2H3/t8?,9-/m1/s1. The van der Waals surface area contributed by atoms with Crippen molar-refractivity contribution >= 4 is 11.9 Å². The summed E-state index contributed by atoms with van der Waals surface area (Å²) in [6.07, 6.45) is -0.271. The molecule has 0 spiro atoms. The quantitative estimate of drug-likeness (QED) is 0.601. The Balaban J connectivity index is 2.49. The van der Waals surface area contributed by atoms with Crippen molar-refractivity contribution in [3.05, 3.63) is 0 Å². The molecule has 1 fully saturated rings. The third-order valence-electron chi connectivity index (χ3n) is 1.88. The first-order chi connectivity index (χ1) is 6.59. The summed E-state index contributed by atoms with van der Waals surface area (Å²) in [5.41, 5.74) is 0. The molecule has 1 unspecified atom stereocenters. The number of hydrogen-bond donors (Lipinski definition) is 0. The van der Waals surface area contributed by atoms with Crippen molar-refractivity contribution < 1.29 is 23.8 Å². The van der Waals surface area contributed by atoms with Crippen LogP contribution in [0, 0.1) is 0 Å². The molecule has 1 saturated heterocycles. The number of rotatable bonds is 2. The van der Waals surface area contributed by atoms with Gasteiger partial charge >= 0.3 is 11.9 Å². The van der Waals surface area contributed by atoms with Gasteiger partial charge in [0.15, 0.2) is 6.10 Å². The van der Waals surface area contributed by atoms with E-state index in [2.05, 4.69) is 0 Å². The molecule has 1 rings (SSSR count). The molecule has 80 valence electrons. The first-order valence-electron chi connectivity index (χ1n) is 4.52. The van der Waals surface area contributed by atoms with Gasteiger partial charge in [-0.2, -0.15) is 0 Å². The normalized spacial score (nSPS) is 26.7.